The van der Waals surface area contributed by atoms with Gasteiger partial charge in [-0.2, -0.15) is 0 Å². The molecule has 1 unspecified atom stereocenters. The summed E-state index contributed by atoms with van der Waals surface area (Å²) >= 11 is 1.77. The quantitative estimate of drug-likeness (QED) is 0.623. The van der Waals surface area contributed by atoms with E-state index in [9.17, 15) is 4.79 Å². The number of rotatable bonds is 2. The third kappa shape index (κ3) is 3.04. The molecule has 1 atom stereocenters. The first-order valence-electron chi connectivity index (χ1n) is 10.7. The molecule has 31 heavy (non-hydrogen) atoms. The minimum absolute atomic E-state index is 0.00593. The Hall–Kier alpha value is -2.84. The second-order valence-electron chi connectivity index (χ2n) is 8.26. The third-order valence-corrected chi connectivity index (χ3v) is 7.62. The molecule has 1 aromatic carbocycles. The zero-order valence-corrected chi connectivity index (χ0v) is 18.2. The number of aliphatic imine (C=N–C) groups is 1. The molecule has 8 heteroatoms. The number of hydrogen-bond acceptors (Lipinski definition) is 6. The van der Waals surface area contributed by atoms with Crippen LogP contribution in [0.15, 0.2) is 35.3 Å². The van der Waals surface area contributed by atoms with Crippen LogP contribution in [0.5, 0.6) is 0 Å². The summed E-state index contributed by atoms with van der Waals surface area (Å²) in [4.78, 5) is 21.4. The molecule has 3 aliphatic rings. The van der Waals surface area contributed by atoms with Crippen molar-refractivity contribution < 1.29 is 9.53 Å². The minimum atomic E-state index is 0.00593. The first-order chi connectivity index (χ1) is 15.2. The molecule has 6 rings (SSSR count). The number of aryl methyl sites for hydroxylation is 1. The first-order valence-corrected chi connectivity index (χ1v) is 11.5. The van der Waals surface area contributed by atoms with Gasteiger partial charge in [-0.15, -0.1) is 21.5 Å². The van der Waals surface area contributed by atoms with E-state index >= 15 is 0 Å². The van der Waals surface area contributed by atoms with Crippen molar-refractivity contribution in [3.8, 4) is 5.00 Å². The monoisotopic (exact) mass is 433 g/mol. The van der Waals surface area contributed by atoms with Crippen molar-refractivity contribution in [2.45, 2.75) is 26.3 Å². The van der Waals surface area contributed by atoms with E-state index < -0.39 is 0 Å². The summed E-state index contributed by atoms with van der Waals surface area (Å²) in [6, 6.07) is 10.3. The number of hydrogen-bond donors (Lipinski definition) is 0. The van der Waals surface area contributed by atoms with Crippen molar-refractivity contribution in [2.24, 2.45) is 10.9 Å². The maximum atomic E-state index is 13.2. The number of aromatic nitrogens is 3. The highest BCUT2D eigenvalue weighted by atomic mass is 32.1. The Labute approximate surface area is 184 Å². The van der Waals surface area contributed by atoms with Gasteiger partial charge >= 0.3 is 0 Å². The Morgan fingerprint density at radius 1 is 1.13 bits per heavy atom. The van der Waals surface area contributed by atoms with Gasteiger partial charge in [0.2, 0.25) is 5.91 Å². The molecule has 1 fully saturated rings. The molecular weight excluding hydrogens is 410 g/mol. The molecule has 2 aliphatic heterocycles. The second-order valence-corrected chi connectivity index (χ2v) is 9.34. The average molecular weight is 434 g/mol. The summed E-state index contributed by atoms with van der Waals surface area (Å²) in [5, 5.41) is 9.81. The lowest BCUT2D eigenvalue weighted by molar-refractivity contribution is -0.139. The molecule has 0 radical (unpaired) electrons. The highest BCUT2D eigenvalue weighted by molar-refractivity contribution is 7.15. The topological polar surface area (TPSA) is 72.6 Å². The lowest BCUT2D eigenvalue weighted by Gasteiger charge is -2.29. The van der Waals surface area contributed by atoms with Crippen LogP contribution in [0.1, 0.15) is 33.2 Å². The van der Waals surface area contributed by atoms with Crippen molar-refractivity contribution in [2.75, 3.05) is 26.3 Å². The summed E-state index contributed by atoms with van der Waals surface area (Å²) < 4.78 is 7.57. The number of thiophene rings is 1. The molecule has 2 aromatic heterocycles. The number of fused-ring (bicyclic) bond motifs is 5. The zero-order chi connectivity index (χ0) is 20.9. The predicted molar refractivity (Wildman–Crippen MR) is 118 cm³/mol. The Balaban J connectivity index is 1.43. The van der Waals surface area contributed by atoms with Crippen LogP contribution >= 0.6 is 11.3 Å². The number of amides is 1. The third-order valence-electron chi connectivity index (χ3n) is 6.38. The second kappa shape index (κ2) is 7.39. The van der Waals surface area contributed by atoms with Crippen LogP contribution in [0.25, 0.3) is 5.00 Å². The fraction of sp³-hybridized carbons (Fsp3) is 0.391. The molecule has 3 aromatic rings. The molecule has 0 saturated carbocycles. The van der Waals surface area contributed by atoms with Gasteiger partial charge < -0.3 is 9.64 Å². The normalized spacial score (nSPS) is 20.0. The number of carbonyl (C=O) groups is 1. The number of benzene rings is 1. The van der Waals surface area contributed by atoms with Crippen molar-refractivity contribution in [3.63, 3.8) is 0 Å². The van der Waals surface area contributed by atoms with Gasteiger partial charge in [-0.1, -0.05) is 30.3 Å². The Bertz CT molecular complexity index is 1190. The summed E-state index contributed by atoms with van der Waals surface area (Å²) in [7, 11) is 0. The summed E-state index contributed by atoms with van der Waals surface area (Å²) in [5.74, 6) is 2.01. The van der Waals surface area contributed by atoms with Gasteiger partial charge in [0.1, 0.15) is 17.4 Å². The van der Waals surface area contributed by atoms with E-state index in [1.807, 2.05) is 30.0 Å². The number of carbonyl (C=O) groups excluding carboxylic acids is 1. The van der Waals surface area contributed by atoms with Crippen LogP contribution in [0.4, 0.5) is 0 Å². The molecule has 0 spiro atoms. The number of nitrogens with zero attached hydrogens (tertiary/aromatic N) is 5. The standard InChI is InChI=1S/C23H23N5O2S/c1-14-25-26-19-13-24-21(15-5-3-2-4-6-15)20-17-11-16(12-18(17)31-23(20)28(14)19)22(29)27-7-9-30-10-8-27/h2-6,16H,7-13H2,1H3. The van der Waals surface area contributed by atoms with Crippen LogP contribution in [0, 0.1) is 12.8 Å². The van der Waals surface area contributed by atoms with Gasteiger partial charge in [0.15, 0.2) is 5.82 Å². The lowest BCUT2D eigenvalue weighted by atomic mass is 9.97. The van der Waals surface area contributed by atoms with Crippen LogP contribution in [0.2, 0.25) is 0 Å². The average Bonchev–Trinajstić information content (AvgIpc) is 3.45. The van der Waals surface area contributed by atoms with Crippen molar-refractivity contribution in [3.05, 3.63) is 63.5 Å². The molecule has 0 N–H and O–H groups in total. The molecule has 4 heterocycles. The van der Waals surface area contributed by atoms with E-state index in [1.165, 1.54) is 10.4 Å². The predicted octanol–water partition coefficient (Wildman–Crippen LogP) is 2.56. The first kappa shape index (κ1) is 18.9. The van der Waals surface area contributed by atoms with Crippen LogP contribution in [0.3, 0.4) is 0 Å². The van der Waals surface area contributed by atoms with Gasteiger partial charge in [0, 0.05) is 35.0 Å². The maximum Gasteiger partial charge on any atom is 0.226 e. The fourth-order valence-corrected chi connectivity index (χ4v) is 6.35. The van der Waals surface area contributed by atoms with Gasteiger partial charge in [-0.3, -0.25) is 14.4 Å². The van der Waals surface area contributed by atoms with Crippen LogP contribution < -0.4 is 0 Å². The van der Waals surface area contributed by atoms with Crippen LogP contribution in [-0.2, 0) is 28.9 Å². The Kier molecular flexibility index (Phi) is 4.50. The van der Waals surface area contributed by atoms with Gasteiger partial charge in [-0.05, 0) is 25.3 Å². The fourth-order valence-electron chi connectivity index (χ4n) is 4.87. The number of morpholine rings is 1. The SMILES string of the molecule is Cc1nnc2n1-c1sc3c(c1C(c1ccccc1)=NC2)CC(C(=O)N1CCOCC1)C3. The molecule has 1 saturated heterocycles. The summed E-state index contributed by atoms with van der Waals surface area (Å²) in [6.45, 7) is 5.15. The maximum absolute atomic E-state index is 13.2. The van der Waals surface area contributed by atoms with Gasteiger partial charge in [0.05, 0.1) is 18.9 Å². The van der Waals surface area contributed by atoms with E-state index in [1.54, 1.807) is 11.3 Å². The number of ether oxygens (including phenoxy) is 1. The molecule has 1 aliphatic carbocycles. The van der Waals surface area contributed by atoms with E-state index in [2.05, 4.69) is 26.9 Å². The zero-order valence-electron chi connectivity index (χ0n) is 17.4. The molecule has 1 amide bonds. The largest absolute Gasteiger partial charge is 0.378 e. The van der Waals surface area contributed by atoms with Gasteiger partial charge in [0.25, 0.3) is 0 Å². The highest BCUT2D eigenvalue weighted by Crippen LogP contribution is 2.43. The molecule has 7 nitrogen and oxygen atoms in total. The molecular formula is C23H23N5O2S. The van der Waals surface area contributed by atoms with E-state index in [-0.39, 0.29) is 11.8 Å². The van der Waals surface area contributed by atoms with Crippen molar-refractivity contribution in [1.29, 1.82) is 0 Å². The van der Waals surface area contributed by atoms with Gasteiger partial charge in [-0.25, -0.2) is 0 Å². The summed E-state index contributed by atoms with van der Waals surface area (Å²) in [6.07, 6.45) is 1.56. The summed E-state index contributed by atoms with van der Waals surface area (Å²) in [5.41, 5.74) is 4.53. The minimum Gasteiger partial charge on any atom is -0.378 e. The van der Waals surface area contributed by atoms with E-state index in [0.717, 1.165) is 46.3 Å². The highest BCUT2D eigenvalue weighted by Gasteiger charge is 2.38. The molecule has 0 bridgehead atoms. The van der Waals surface area contributed by atoms with E-state index in [0.29, 0.717) is 32.8 Å². The smallest absolute Gasteiger partial charge is 0.226 e. The van der Waals surface area contributed by atoms with Crippen molar-refractivity contribution >= 4 is 23.0 Å². The Morgan fingerprint density at radius 3 is 2.74 bits per heavy atom. The van der Waals surface area contributed by atoms with Crippen LogP contribution in [-0.4, -0.2) is 57.6 Å². The van der Waals surface area contributed by atoms with E-state index in [4.69, 9.17) is 9.73 Å². The van der Waals surface area contributed by atoms with Crippen molar-refractivity contribution in [1.82, 2.24) is 19.7 Å². The lowest BCUT2D eigenvalue weighted by Crippen LogP contribution is -2.44. The molecule has 158 valence electrons. The Morgan fingerprint density at radius 2 is 1.94 bits per heavy atom.